The molecule has 1 aliphatic carbocycles. The topological polar surface area (TPSA) is 76.0 Å². The van der Waals surface area contributed by atoms with E-state index in [0.717, 1.165) is 4.90 Å². The molecule has 3 amide bonds. The smallest absolute Gasteiger partial charge is 0.351 e. The van der Waals surface area contributed by atoms with Crippen molar-refractivity contribution in [2.45, 2.75) is 6.92 Å². The third-order valence-electron chi connectivity index (χ3n) is 2.58. The molecule has 0 aromatic heterocycles. The summed E-state index contributed by atoms with van der Waals surface area (Å²) in [5, 5.41) is 0. The second-order valence-corrected chi connectivity index (χ2v) is 3.77. The zero-order valence-electron chi connectivity index (χ0n) is 9.83. The van der Waals surface area contributed by atoms with Gasteiger partial charge in [0.1, 0.15) is 6.54 Å². The zero-order chi connectivity index (χ0) is 13.1. The highest BCUT2D eigenvalue weighted by Gasteiger charge is 2.36. The van der Waals surface area contributed by atoms with Crippen LogP contribution in [0.15, 0.2) is 29.3 Å². The quantitative estimate of drug-likeness (QED) is 0.689. The van der Waals surface area contributed by atoms with Crippen LogP contribution in [-0.4, -0.2) is 41.7 Å². The normalized spacial score (nSPS) is 21.7. The summed E-state index contributed by atoms with van der Waals surface area (Å²) in [5.41, 5.74) is 0.410. The number of allylic oxidation sites excluding steroid dienone is 3. The van der Waals surface area contributed by atoms with Crippen molar-refractivity contribution in [2.24, 2.45) is 10.9 Å². The van der Waals surface area contributed by atoms with Crippen molar-refractivity contribution in [1.29, 1.82) is 0 Å². The second-order valence-electron chi connectivity index (χ2n) is 3.77. The Morgan fingerprint density at radius 1 is 1.44 bits per heavy atom. The predicted molar refractivity (Wildman–Crippen MR) is 62.9 cm³/mol. The van der Waals surface area contributed by atoms with E-state index < -0.39 is 30.4 Å². The second kappa shape index (κ2) is 4.95. The van der Waals surface area contributed by atoms with Crippen molar-refractivity contribution in [3.63, 3.8) is 0 Å². The zero-order valence-corrected chi connectivity index (χ0v) is 9.83. The molecule has 0 spiro atoms. The molecule has 0 N–H and O–H groups in total. The number of aliphatic imine (C=N–C) groups is 1. The predicted octanol–water partition coefficient (Wildman–Crippen LogP) is 0.695. The molecule has 0 radical (unpaired) electrons. The molecule has 0 aromatic rings. The van der Waals surface area contributed by atoms with Crippen LogP contribution in [0.1, 0.15) is 6.92 Å². The molecular weight excluding hydrogens is 236 g/mol. The Labute approximate surface area is 104 Å². The van der Waals surface area contributed by atoms with Crippen molar-refractivity contribution < 1.29 is 19.1 Å². The number of nitrogens with zero attached hydrogens (tertiary/aromatic N) is 2. The molecule has 2 aliphatic rings. The maximum atomic E-state index is 12.0. The van der Waals surface area contributed by atoms with E-state index in [1.54, 1.807) is 31.2 Å². The molecule has 0 bridgehead atoms. The molecule has 0 aromatic carbocycles. The molecule has 1 unspecified atom stereocenters. The van der Waals surface area contributed by atoms with E-state index in [9.17, 15) is 14.4 Å². The SMILES string of the molecule is CCOC(=O)CN1C(=O)N=C2C=CC=CC2C1=O. The van der Waals surface area contributed by atoms with Gasteiger partial charge in [-0.2, -0.15) is 4.99 Å². The van der Waals surface area contributed by atoms with Gasteiger partial charge in [-0.1, -0.05) is 18.2 Å². The molecule has 1 atom stereocenters. The van der Waals surface area contributed by atoms with Crippen LogP contribution in [0.5, 0.6) is 0 Å². The molecule has 1 aliphatic heterocycles. The van der Waals surface area contributed by atoms with Gasteiger partial charge in [-0.3, -0.25) is 14.5 Å². The number of hydrogen-bond acceptors (Lipinski definition) is 4. The van der Waals surface area contributed by atoms with Gasteiger partial charge < -0.3 is 4.74 Å². The Morgan fingerprint density at radius 2 is 2.22 bits per heavy atom. The van der Waals surface area contributed by atoms with Gasteiger partial charge in [0, 0.05) is 0 Å². The fraction of sp³-hybridized carbons (Fsp3) is 0.333. The van der Waals surface area contributed by atoms with E-state index in [1.807, 2.05) is 0 Å². The van der Waals surface area contributed by atoms with Crippen LogP contribution in [0.4, 0.5) is 4.79 Å². The molecule has 0 saturated carbocycles. The summed E-state index contributed by atoms with van der Waals surface area (Å²) < 4.78 is 4.71. The minimum absolute atomic E-state index is 0.204. The highest BCUT2D eigenvalue weighted by Crippen LogP contribution is 2.19. The standard InChI is InChI=1S/C12H12N2O4/c1-2-18-10(15)7-14-11(16)8-5-3-4-6-9(8)13-12(14)17/h3-6,8H,2,7H2,1H3. The Balaban J connectivity index is 2.18. The maximum Gasteiger partial charge on any atom is 0.351 e. The maximum absolute atomic E-state index is 12.0. The molecule has 6 nitrogen and oxygen atoms in total. The average Bonchev–Trinajstić information content (AvgIpc) is 2.35. The minimum Gasteiger partial charge on any atom is -0.465 e. The number of amides is 3. The lowest BCUT2D eigenvalue weighted by molar-refractivity contribution is -0.147. The number of esters is 1. The van der Waals surface area contributed by atoms with Crippen molar-refractivity contribution >= 4 is 23.6 Å². The van der Waals surface area contributed by atoms with E-state index in [2.05, 4.69) is 4.99 Å². The van der Waals surface area contributed by atoms with Crippen LogP contribution in [-0.2, 0) is 14.3 Å². The summed E-state index contributed by atoms with van der Waals surface area (Å²) in [4.78, 5) is 39.6. The lowest BCUT2D eigenvalue weighted by Crippen LogP contribution is -2.48. The van der Waals surface area contributed by atoms with Crippen molar-refractivity contribution in [2.75, 3.05) is 13.2 Å². The first-order valence-electron chi connectivity index (χ1n) is 5.58. The molecule has 94 valence electrons. The monoisotopic (exact) mass is 248 g/mol. The van der Waals surface area contributed by atoms with Crippen LogP contribution in [0.2, 0.25) is 0 Å². The first-order chi connectivity index (χ1) is 8.63. The minimum atomic E-state index is -0.723. The Hall–Kier alpha value is -2.24. The van der Waals surface area contributed by atoms with Crippen molar-refractivity contribution in [3.05, 3.63) is 24.3 Å². The first-order valence-corrected chi connectivity index (χ1v) is 5.58. The summed E-state index contributed by atoms with van der Waals surface area (Å²) in [6.45, 7) is 1.47. The molecule has 0 fully saturated rings. The number of fused-ring (bicyclic) bond motifs is 1. The molecule has 2 rings (SSSR count). The number of carbonyl (C=O) groups excluding carboxylic acids is 3. The fourth-order valence-electron chi connectivity index (χ4n) is 1.76. The number of rotatable bonds is 3. The highest BCUT2D eigenvalue weighted by atomic mass is 16.5. The Morgan fingerprint density at radius 3 is 2.94 bits per heavy atom. The molecule has 0 saturated heterocycles. The lowest BCUT2D eigenvalue weighted by Gasteiger charge is -2.27. The number of carbonyl (C=O) groups is 3. The summed E-state index contributed by atoms with van der Waals surface area (Å²) in [6, 6.07) is -0.723. The van der Waals surface area contributed by atoms with E-state index in [1.165, 1.54) is 0 Å². The van der Waals surface area contributed by atoms with Gasteiger partial charge in [-0.25, -0.2) is 4.79 Å². The van der Waals surface area contributed by atoms with Crippen LogP contribution >= 0.6 is 0 Å². The fourth-order valence-corrected chi connectivity index (χ4v) is 1.76. The van der Waals surface area contributed by atoms with Gasteiger partial charge >= 0.3 is 12.0 Å². The highest BCUT2D eigenvalue weighted by molar-refractivity contribution is 6.22. The summed E-state index contributed by atoms with van der Waals surface area (Å²) >= 11 is 0. The summed E-state index contributed by atoms with van der Waals surface area (Å²) in [7, 11) is 0. The van der Waals surface area contributed by atoms with E-state index in [0.29, 0.717) is 5.71 Å². The Kier molecular flexibility index (Phi) is 3.36. The van der Waals surface area contributed by atoms with E-state index in [-0.39, 0.29) is 6.61 Å². The molecule has 6 heteroatoms. The van der Waals surface area contributed by atoms with Crippen LogP contribution in [0, 0.1) is 5.92 Å². The third kappa shape index (κ3) is 2.22. The largest absolute Gasteiger partial charge is 0.465 e. The van der Waals surface area contributed by atoms with Crippen LogP contribution in [0.25, 0.3) is 0 Å². The van der Waals surface area contributed by atoms with Gasteiger partial charge in [-0.05, 0) is 13.0 Å². The number of urea groups is 1. The van der Waals surface area contributed by atoms with Crippen LogP contribution < -0.4 is 0 Å². The molecule has 18 heavy (non-hydrogen) atoms. The first kappa shape index (κ1) is 12.2. The van der Waals surface area contributed by atoms with Gasteiger partial charge in [0.2, 0.25) is 5.91 Å². The van der Waals surface area contributed by atoms with Gasteiger partial charge in [0.25, 0.3) is 0 Å². The summed E-state index contributed by atoms with van der Waals surface area (Å²) in [5.74, 6) is -1.64. The van der Waals surface area contributed by atoms with Crippen LogP contribution in [0.3, 0.4) is 0 Å². The average molecular weight is 248 g/mol. The number of ether oxygens (including phenoxy) is 1. The van der Waals surface area contributed by atoms with E-state index in [4.69, 9.17) is 4.74 Å². The molecular formula is C12H12N2O4. The van der Waals surface area contributed by atoms with Gasteiger partial charge in [-0.15, -0.1) is 0 Å². The van der Waals surface area contributed by atoms with Gasteiger partial charge in [0.15, 0.2) is 0 Å². The van der Waals surface area contributed by atoms with Crippen molar-refractivity contribution in [3.8, 4) is 0 Å². The van der Waals surface area contributed by atoms with E-state index >= 15 is 0 Å². The van der Waals surface area contributed by atoms with Gasteiger partial charge in [0.05, 0.1) is 18.2 Å². The third-order valence-corrected chi connectivity index (χ3v) is 2.58. The Bertz CT molecular complexity index is 490. The number of hydrogen-bond donors (Lipinski definition) is 0. The van der Waals surface area contributed by atoms with Crippen molar-refractivity contribution in [1.82, 2.24) is 4.90 Å². The lowest BCUT2D eigenvalue weighted by atomic mass is 9.95. The molecule has 1 heterocycles. The number of imide groups is 1. The summed E-state index contributed by atoms with van der Waals surface area (Å²) in [6.07, 6.45) is 6.67.